The Kier molecular flexibility index (Phi) is 2.29. The minimum atomic E-state index is -0.318. The highest BCUT2D eigenvalue weighted by atomic mass is 32.1. The lowest BCUT2D eigenvalue weighted by Gasteiger charge is -2.02. The molecule has 0 bridgehead atoms. The smallest absolute Gasteiger partial charge is 0.290 e. The summed E-state index contributed by atoms with van der Waals surface area (Å²) in [7, 11) is 1.89. The number of carbonyl (C=O) groups excluding carboxylic acids is 1. The molecule has 15 heavy (non-hydrogen) atoms. The van der Waals surface area contributed by atoms with Gasteiger partial charge >= 0.3 is 0 Å². The molecule has 0 spiro atoms. The normalized spacial score (nSPS) is 18.8. The number of aryl methyl sites for hydroxylation is 1. The molecule has 1 amide bonds. The van der Waals surface area contributed by atoms with Gasteiger partial charge in [-0.25, -0.2) is 10.9 Å². The van der Waals surface area contributed by atoms with Crippen LogP contribution in [0.15, 0.2) is 24.0 Å². The molecule has 0 saturated carbocycles. The van der Waals surface area contributed by atoms with E-state index in [9.17, 15) is 4.79 Å². The Morgan fingerprint density at radius 3 is 2.80 bits per heavy atom. The van der Waals surface area contributed by atoms with Gasteiger partial charge in [0.1, 0.15) is 5.70 Å². The van der Waals surface area contributed by atoms with E-state index in [0.29, 0.717) is 5.70 Å². The highest BCUT2D eigenvalue weighted by Crippen LogP contribution is 2.11. The molecule has 6 heteroatoms. The number of rotatable bonds is 1. The van der Waals surface area contributed by atoms with Crippen LogP contribution in [0.5, 0.6) is 0 Å². The fraction of sp³-hybridized carbons (Fsp3) is 0.111. The third-order valence-corrected chi connectivity index (χ3v) is 2.48. The molecule has 1 aromatic rings. The van der Waals surface area contributed by atoms with Crippen molar-refractivity contribution in [1.29, 1.82) is 0 Å². The Balaban J connectivity index is 2.34. The van der Waals surface area contributed by atoms with E-state index in [1.807, 2.05) is 29.9 Å². The predicted molar refractivity (Wildman–Crippen MR) is 60.2 cm³/mol. The predicted octanol–water partition coefficient (Wildman–Crippen LogP) is -0.0436. The van der Waals surface area contributed by atoms with E-state index in [4.69, 9.17) is 18.1 Å². The Labute approximate surface area is 92.1 Å². The summed E-state index contributed by atoms with van der Waals surface area (Å²) in [6.45, 7) is 0. The van der Waals surface area contributed by atoms with Gasteiger partial charge in [0.05, 0.1) is 0 Å². The van der Waals surface area contributed by atoms with Gasteiger partial charge in [-0.15, -0.1) is 0 Å². The molecule has 1 aliphatic rings. The van der Waals surface area contributed by atoms with Crippen molar-refractivity contribution in [2.24, 2.45) is 12.9 Å². The first kappa shape index (κ1) is 9.88. The lowest BCUT2D eigenvalue weighted by molar-refractivity contribution is -0.122. The number of nitrogens with two attached hydrogens (primary N) is 1. The minimum absolute atomic E-state index is 0.223. The number of hydrazine groups is 1. The summed E-state index contributed by atoms with van der Waals surface area (Å²) < 4.78 is 1.89. The third kappa shape index (κ3) is 1.64. The maximum atomic E-state index is 11.5. The molecule has 0 aliphatic carbocycles. The van der Waals surface area contributed by atoms with Crippen molar-refractivity contribution in [2.75, 3.05) is 0 Å². The zero-order chi connectivity index (χ0) is 11.0. The van der Waals surface area contributed by atoms with Crippen LogP contribution in [-0.2, 0) is 11.8 Å². The van der Waals surface area contributed by atoms with Crippen LogP contribution in [0.4, 0.5) is 0 Å². The van der Waals surface area contributed by atoms with Crippen LogP contribution < -0.4 is 11.2 Å². The van der Waals surface area contributed by atoms with Crippen molar-refractivity contribution >= 4 is 29.3 Å². The Morgan fingerprint density at radius 2 is 2.33 bits per heavy atom. The van der Waals surface area contributed by atoms with Gasteiger partial charge in [0.2, 0.25) is 0 Å². The molecule has 0 radical (unpaired) electrons. The second-order valence-corrected chi connectivity index (χ2v) is 3.59. The SMILES string of the molecule is Cn1cccc1C=C1NC(=S)N(N)C1=O. The molecule has 1 aliphatic heterocycles. The Bertz CT molecular complexity index is 462. The summed E-state index contributed by atoms with van der Waals surface area (Å²) in [5, 5.41) is 3.89. The monoisotopic (exact) mass is 222 g/mol. The Hall–Kier alpha value is -1.66. The first-order chi connectivity index (χ1) is 7.09. The first-order valence-corrected chi connectivity index (χ1v) is 4.73. The van der Waals surface area contributed by atoms with Gasteiger partial charge in [0.15, 0.2) is 5.11 Å². The summed E-state index contributed by atoms with van der Waals surface area (Å²) in [4.78, 5) is 11.5. The van der Waals surface area contributed by atoms with E-state index >= 15 is 0 Å². The molecule has 5 nitrogen and oxygen atoms in total. The van der Waals surface area contributed by atoms with E-state index < -0.39 is 0 Å². The number of amides is 1. The molecular formula is C9H10N4OS. The number of hydrogen-bond acceptors (Lipinski definition) is 3. The highest BCUT2D eigenvalue weighted by molar-refractivity contribution is 7.80. The number of hydrogen-bond donors (Lipinski definition) is 2. The molecule has 1 saturated heterocycles. The zero-order valence-electron chi connectivity index (χ0n) is 8.10. The molecule has 3 N–H and O–H groups in total. The molecular weight excluding hydrogens is 212 g/mol. The molecule has 1 fully saturated rings. The van der Waals surface area contributed by atoms with Crippen LogP contribution in [0, 0.1) is 0 Å². The molecule has 1 aromatic heterocycles. The largest absolute Gasteiger partial charge is 0.351 e. The van der Waals surface area contributed by atoms with E-state index in [2.05, 4.69) is 5.32 Å². The van der Waals surface area contributed by atoms with Gasteiger partial charge in [-0.1, -0.05) is 0 Å². The Morgan fingerprint density at radius 1 is 1.60 bits per heavy atom. The van der Waals surface area contributed by atoms with E-state index in [-0.39, 0.29) is 11.0 Å². The summed E-state index contributed by atoms with van der Waals surface area (Å²) in [5.41, 5.74) is 1.30. The van der Waals surface area contributed by atoms with E-state index in [1.165, 1.54) is 0 Å². The number of thiocarbonyl (C=S) groups is 1. The van der Waals surface area contributed by atoms with Gasteiger partial charge in [-0.05, 0) is 30.4 Å². The van der Waals surface area contributed by atoms with Gasteiger partial charge in [-0.2, -0.15) is 0 Å². The van der Waals surface area contributed by atoms with Crippen molar-refractivity contribution < 1.29 is 4.79 Å². The standard InChI is InChI=1S/C9H10N4OS/c1-12-4-2-3-6(12)5-7-8(14)13(10)9(15)11-7/h2-5H,10H2,1H3,(H,11,15). The fourth-order valence-electron chi connectivity index (χ4n) is 1.32. The number of carbonyl (C=O) groups is 1. The summed E-state index contributed by atoms with van der Waals surface area (Å²) in [6.07, 6.45) is 3.60. The second kappa shape index (κ2) is 3.48. The lowest BCUT2D eigenvalue weighted by Crippen LogP contribution is -2.36. The molecule has 0 aromatic carbocycles. The van der Waals surface area contributed by atoms with Crippen molar-refractivity contribution in [3.05, 3.63) is 29.7 Å². The van der Waals surface area contributed by atoms with Crippen LogP contribution in [0.2, 0.25) is 0 Å². The van der Waals surface area contributed by atoms with Gasteiger partial charge in [0, 0.05) is 18.9 Å². The average molecular weight is 222 g/mol. The van der Waals surface area contributed by atoms with Gasteiger partial charge in [0.25, 0.3) is 5.91 Å². The minimum Gasteiger partial charge on any atom is -0.351 e. The second-order valence-electron chi connectivity index (χ2n) is 3.21. The third-order valence-electron chi connectivity index (χ3n) is 2.19. The van der Waals surface area contributed by atoms with Gasteiger partial charge < -0.3 is 9.88 Å². The summed E-state index contributed by atoms with van der Waals surface area (Å²) >= 11 is 4.85. The average Bonchev–Trinajstić information content (AvgIpc) is 2.69. The maximum Gasteiger partial charge on any atom is 0.290 e. The number of nitrogens with zero attached hydrogens (tertiary/aromatic N) is 2. The quantitative estimate of drug-likeness (QED) is 0.303. The molecule has 2 heterocycles. The van der Waals surface area contributed by atoms with Crippen LogP contribution >= 0.6 is 12.2 Å². The molecule has 2 rings (SSSR count). The van der Waals surface area contributed by atoms with E-state index in [1.54, 1.807) is 6.08 Å². The van der Waals surface area contributed by atoms with Crippen LogP contribution in [0.25, 0.3) is 6.08 Å². The first-order valence-electron chi connectivity index (χ1n) is 4.33. The van der Waals surface area contributed by atoms with Crippen molar-refractivity contribution in [3.8, 4) is 0 Å². The summed E-state index contributed by atoms with van der Waals surface area (Å²) in [6, 6.07) is 3.79. The van der Waals surface area contributed by atoms with Crippen LogP contribution in [0.3, 0.4) is 0 Å². The van der Waals surface area contributed by atoms with Crippen LogP contribution in [0.1, 0.15) is 5.69 Å². The van der Waals surface area contributed by atoms with Crippen molar-refractivity contribution in [2.45, 2.75) is 0 Å². The molecule has 78 valence electrons. The molecule has 0 unspecified atom stereocenters. The van der Waals surface area contributed by atoms with Crippen LogP contribution in [-0.4, -0.2) is 20.6 Å². The highest BCUT2D eigenvalue weighted by Gasteiger charge is 2.28. The summed E-state index contributed by atoms with van der Waals surface area (Å²) in [5.74, 6) is 5.09. The van der Waals surface area contributed by atoms with Gasteiger partial charge in [-0.3, -0.25) is 4.79 Å². The maximum absolute atomic E-state index is 11.5. The van der Waals surface area contributed by atoms with Crippen molar-refractivity contribution in [1.82, 2.24) is 14.9 Å². The molecule has 0 atom stereocenters. The zero-order valence-corrected chi connectivity index (χ0v) is 8.91. The van der Waals surface area contributed by atoms with E-state index in [0.717, 1.165) is 10.7 Å². The van der Waals surface area contributed by atoms with Crippen molar-refractivity contribution in [3.63, 3.8) is 0 Å². The number of aromatic nitrogens is 1. The fourth-order valence-corrected chi connectivity index (χ4v) is 1.51. The topological polar surface area (TPSA) is 63.3 Å². The number of nitrogens with one attached hydrogen (secondary N) is 1. The lowest BCUT2D eigenvalue weighted by atomic mass is 10.3.